The molecule has 1 fully saturated rings. The molecule has 0 aromatic carbocycles. The summed E-state index contributed by atoms with van der Waals surface area (Å²) in [4.78, 5) is 31.5. The first-order valence-corrected chi connectivity index (χ1v) is 8.12. The van der Waals surface area contributed by atoms with Crippen LogP contribution in [0.15, 0.2) is 24.2 Å². The average Bonchev–Trinajstić information content (AvgIpc) is 3.26. The molecule has 8 nitrogen and oxygen atoms in total. The Kier molecular flexibility index (Phi) is 3.72. The molecule has 0 unspecified atom stereocenters. The molecular formula is C14H14N6O2S. The molecule has 4 rings (SSSR count). The van der Waals surface area contributed by atoms with Crippen molar-refractivity contribution in [2.75, 3.05) is 31.2 Å². The molecule has 118 valence electrons. The maximum Gasteiger partial charge on any atom is 0.211 e. The van der Waals surface area contributed by atoms with Gasteiger partial charge in [-0.1, -0.05) is 0 Å². The number of morpholine rings is 1. The van der Waals surface area contributed by atoms with E-state index in [4.69, 9.17) is 4.74 Å². The molecule has 1 aliphatic rings. The largest absolute Gasteiger partial charge is 0.378 e. The highest BCUT2D eigenvalue weighted by molar-refractivity contribution is 7.11. The second kappa shape index (κ2) is 6.01. The van der Waals surface area contributed by atoms with Crippen molar-refractivity contribution in [2.45, 2.75) is 6.54 Å². The first-order valence-electron chi connectivity index (χ1n) is 7.24. The topological polar surface area (TPSA) is 86.0 Å². The first kappa shape index (κ1) is 14.2. The van der Waals surface area contributed by atoms with E-state index in [0.717, 1.165) is 18.9 Å². The van der Waals surface area contributed by atoms with Gasteiger partial charge in [-0.15, -0.1) is 11.3 Å². The normalized spacial score (nSPS) is 15.2. The molecule has 1 saturated heterocycles. The van der Waals surface area contributed by atoms with Crippen LogP contribution in [0.5, 0.6) is 0 Å². The molecule has 3 aromatic heterocycles. The van der Waals surface area contributed by atoms with E-state index in [2.05, 4.69) is 24.8 Å². The molecule has 0 amide bonds. The van der Waals surface area contributed by atoms with Crippen LogP contribution >= 0.6 is 11.3 Å². The standard InChI is InChI=1S/C14H14N6O2S/c21-10(14-15-1-6-23-14)7-20-9-18-11-12(16-8-17-13(11)20)19-2-4-22-5-3-19/h1,6,8-9H,2-5,7H2. The number of nitrogens with zero attached hydrogens (tertiary/aromatic N) is 6. The summed E-state index contributed by atoms with van der Waals surface area (Å²) in [6.07, 6.45) is 4.77. The quantitative estimate of drug-likeness (QED) is 0.660. The van der Waals surface area contributed by atoms with Gasteiger partial charge in [0.05, 0.1) is 26.1 Å². The van der Waals surface area contributed by atoms with Gasteiger partial charge in [0.1, 0.15) is 6.33 Å². The number of hydrogen-bond donors (Lipinski definition) is 0. The third kappa shape index (κ3) is 2.68. The average molecular weight is 330 g/mol. The van der Waals surface area contributed by atoms with Crippen molar-refractivity contribution in [1.82, 2.24) is 24.5 Å². The molecule has 9 heteroatoms. The summed E-state index contributed by atoms with van der Waals surface area (Å²) in [5, 5.41) is 2.28. The Morgan fingerprint density at radius 2 is 2.09 bits per heavy atom. The molecule has 3 aromatic rings. The Balaban J connectivity index is 1.66. The van der Waals surface area contributed by atoms with Crippen LogP contribution in [0, 0.1) is 0 Å². The van der Waals surface area contributed by atoms with Gasteiger partial charge in [0.15, 0.2) is 22.0 Å². The van der Waals surface area contributed by atoms with Gasteiger partial charge in [-0.25, -0.2) is 19.9 Å². The van der Waals surface area contributed by atoms with Crippen molar-refractivity contribution in [3.05, 3.63) is 29.2 Å². The van der Waals surface area contributed by atoms with Gasteiger partial charge in [-0.2, -0.15) is 0 Å². The van der Waals surface area contributed by atoms with Crippen molar-refractivity contribution in [3.8, 4) is 0 Å². The summed E-state index contributed by atoms with van der Waals surface area (Å²) < 4.78 is 7.11. The molecule has 0 atom stereocenters. The highest BCUT2D eigenvalue weighted by Crippen LogP contribution is 2.22. The van der Waals surface area contributed by atoms with E-state index in [0.29, 0.717) is 29.4 Å². The first-order chi connectivity index (χ1) is 11.3. The zero-order valence-corrected chi connectivity index (χ0v) is 13.1. The lowest BCUT2D eigenvalue weighted by atomic mass is 10.3. The van der Waals surface area contributed by atoms with E-state index in [9.17, 15) is 4.79 Å². The molecule has 0 bridgehead atoms. The molecule has 0 N–H and O–H groups in total. The zero-order valence-electron chi connectivity index (χ0n) is 12.3. The predicted molar refractivity (Wildman–Crippen MR) is 84.8 cm³/mol. The third-order valence-corrected chi connectivity index (χ3v) is 4.49. The predicted octanol–water partition coefficient (Wildman–Crippen LogP) is 1.00. The Morgan fingerprint density at radius 1 is 1.22 bits per heavy atom. The number of fused-ring (bicyclic) bond motifs is 1. The lowest BCUT2D eigenvalue weighted by Crippen LogP contribution is -2.37. The lowest BCUT2D eigenvalue weighted by Gasteiger charge is -2.27. The van der Waals surface area contributed by atoms with E-state index >= 15 is 0 Å². The Hall–Kier alpha value is -2.39. The number of thiazole rings is 1. The molecule has 0 aliphatic carbocycles. The van der Waals surface area contributed by atoms with Gasteiger partial charge >= 0.3 is 0 Å². The van der Waals surface area contributed by atoms with Crippen LogP contribution in [0.1, 0.15) is 9.80 Å². The van der Waals surface area contributed by atoms with E-state index in [1.54, 1.807) is 22.5 Å². The van der Waals surface area contributed by atoms with Crippen LogP contribution < -0.4 is 4.90 Å². The van der Waals surface area contributed by atoms with Crippen molar-refractivity contribution in [1.29, 1.82) is 0 Å². The second-order valence-corrected chi connectivity index (χ2v) is 6.00. The Morgan fingerprint density at radius 3 is 2.87 bits per heavy atom. The van der Waals surface area contributed by atoms with E-state index in [-0.39, 0.29) is 12.3 Å². The molecule has 23 heavy (non-hydrogen) atoms. The smallest absolute Gasteiger partial charge is 0.211 e. The highest BCUT2D eigenvalue weighted by Gasteiger charge is 2.19. The number of aromatic nitrogens is 5. The monoisotopic (exact) mass is 330 g/mol. The fraction of sp³-hybridized carbons (Fsp3) is 0.357. The number of imidazole rings is 1. The van der Waals surface area contributed by atoms with E-state index in [1.165, 1.54) is 17.7 Å². The van der Waals surface area contributed by atoms with Crippen molar-refractivity contribution < 1.29 is 9.53 Å². The second-order valence-electron chi connectivity index (χ2n) is 5.10. The molecule has 0 spiro atoms. The zero-order chi connectivity index (χ0) is 15.6. The maximum absolute atomic E-state index is 12.2. The number of anilines is 1. The van der Waals surface area contributed by atoms with Crippen molar-refractivity contribution in [3.63, 3.8) is 0 Å². The summed E-state index contributed by atoms with van der Waals surface area (Å²) in [5.41, 5.74) is 1.37. The highest BCUT2D eigenvalue weighted by atomic mass is 32.1. The lowest BCUT2D eigenvalue weighted by molar-refractivity contribution is 0.0973. The van der Waals surface area contributed by atoms with Crippen LogP contribution in [-0.2, 0) is 11.3 Å². The number of Topliss-reactive ketones (excluding diaryl/α,β-unsaturated/α-hetero) is 1. The van der Waals surface area contributed by atoms with Gasteiger partial charge in [-0.3, -0.25) is 4.79 Å². The number of hydrogen-bond acceptors (Lipinski definition) is 8. The summed E-state index contributed by atoms with van der Waals surface area (Å²) in [6.45, 7) is 3.07. The number of carbonyl (C=O) groups excluding carboxylic acids is 1. The number of ketones is 1. The number of rotatable bonds is 4. The van der Waals surface area contributed by atoms with Gasteiger partial charge < -0.3 is 14.2 Å². The van der Waals surface area contributed by atoms with Crippen LogP contribution in [0.3, 0.4) is 0 Å². The number of ether oxygens (including phenoxy) is 1. The molecule has 1 aliphatic heterocycles. The maximum atomic E-state index is 12.2. The van der Waals surface area contributed by atoms with Gasteiger partial charge in [0.25, 0.3) is 0 Å². The van der Waals surface area contributed by atoms with Gasteiger partial charge in [-0.05, 0) is 0 Å². The van der Waals surface area contributed by atoms with Crippen molar-refractivity contribution >= 4 is 34.1 Å². The summed E-state index contributed by atoms with van der Waals surface area (Å²) in [5.74, 6) is 0.740. The fourth-order valence-electron chi connectivity index (χ4n) is 2.57. The Labute approximate surface area is 135 Å². The van der Waals surface area contributed by atoms with Crippen LogP contribution in [0.4, 0.5) is 5.82 Å². The summed E-state index contributed by atoms with van der Waals surface area (Å²) in [7, 11) is 0. The molecule has 0 radical (unpaired) electrons. The molecule has 4 heterocycles. The minimum Gasteiger partial charge on any atom is -0.378 e. The third-order valence-electron chi connectivity index (χ3n) is 3.68. The van der Waals surface area contributed by atoms with Crippen LogP contribution in [0.25, 0.3) is 11.2 Å². The summed E-state index contributed by atoms with van der Waals surface area (Å²) in [6, 6.07) is 0. The van der Waals surface area contributed by atoms with E-state index < -0.39 is 0 Å². The number of carbonyl (C=O) groups is 1. The minimum absolute atomic E-state index is 0.0502. The van der Waals surface area contributed by atoms with Gasteiger partial charge in [0, 0.05) is 24.7 Å². The van der Waals surface area contributed by atoms with Crippen LogP contribution in [-0.4, -0.2) is 56.6 Å². The SMILES string of the molecule is O=C(Cn1cnc2c(N3CCOCC3)ncnc21)c1nccs1. The molecular weight excluding hydrogens is 316 g/mol. The van der Waals surface area contributed by atoms with Crippen molar-refractivity contribution in [2.24, 2.45) is 0 Å². The fourth-order valence-corrected chi connectivity index (χ4v) is 3.14. The van der Waals surface area contributed by atoms with E-state index in [1.807, 2.05) is 0 Å². The Bertz CT molecular complexity index is 825. The van der Waals surface area contributed by atoms with Gasteiger partial charge in [0.2, 0.25) is 5.78 Å². The minimum atomic E-state index is -0.0502. The van der Waals surface area contributed by atoms with Crippen LogP contribution in [0.2, 0.25) is 0 Å². The molecule has 0 saturated carbocycles. The summed E-state index contributed by atoms with van der Waals surface area (Å²) >= 11 is 1.33.